The Morgan fingerprint density at radius 3 is 2.64 bits per heavy atom. The number of Topliss-reactive ketones (excluding diaryl/α,β-unsaturated/α-hetero) is 2. The molecule has 14 heteroatoms. The van der Waals surface area contributed by atoms with E-state index in [1.807, 2.05) is 6.92 Å². The summed E-state index contributed by atoms with van der Waals surface area (Å²) in [5, 5.41) is 35.2. The summed E-state index contributed by atoms with van der Waals surface area (Å²) in [7, 11) is 0. The van der Waals surface area contributed by atoms with Gasteiger partial charge in [-0.05, 0) is 68.1 Å². The van der Waals surface area contributed by atoms with Crippen molar-refractivity contribution in [3.8, 4) is 0 Å². The number of nitrogens with one attached hydrogen (secondary N) is 2. The van der Waals surface area contributed by atoms with Crippen molar-refractivity contribution in [2.45, 2.75) is 103 Å². The summed E-state index contributed by atoms with van der Waals surface area (Å²) >= 11 is 0. The molecule has 14 nitrogen and oxygen atoms in total. The molecule has 0 heterocycles. The molecule has 0 aromatic carbocycles. The maximum absolute atomic E-state index is 13.5. The Bertz CT molecular complexity index is 1180. The van der Waals surface area contributed by atoms with Crippen molar-refractivity contribution in [2.24, 2.45) is 28.6 Å². The molecule has 3 fully saturated rings. The van der Waals surface area contributed by atoms with Crippen molar-refractivity contribution in [1.82, 2.24) is 10.8 Å². The molecule has 4 aliphatic rings. The fourth-order valence-corrected chi connectivity index (χ4v) is 8.51. The van der Waals surface area contributed by atoms with Gasteiger partial charge in [-0.3, -0.25) is 24.0 Å². The fraction of sp³-hybridized carbons (Fsp3) is 0.800. The molecule has 0 aliphatic heterocycles. The maximum atomic E-state index is 13.5. The van der Waals surface area contributed by atoms with Crippen LogP contribution in [0, 0.1) is 38.7 Å². The number of aliphatic hydroxyl groups excluding tert-OH is 1. The zero-order chi connectivity index (χ0) is 32.3. The van der Waals surface area contributed by atoms with Crippen molar-refractivity contribution in [2.75, 3.05) is 19.8 Å². The minimum absolute atomic E-state index is 0.0237. The van der Waals surface area contributed by atoms with E-state index in [0.717, 1.165) is 5.57 Å². The second-order valence-electron chi connectivity index (χ2n) is 13.3. The Balaban J connectivity index is 1.33. The van der Waals surface area contributed by atoms with Crippen LogP contribution in [0.4, 0.5) is 0 Å². The number of esters is 1. The second kappa shape index (κ2) is 13.6. The van der Waals surface area contributed by atoms with E-state index in [2.05, 4.69) is 28.6 Å². The number of ketones is 2. The van der Waals surface area contributed by atoms with E-state index in [1.54, 1.807) is 0 Å². The number of hydroxylamine groups is 1. The first-order chi connectivity index (χ1) is 20.7. The SMILES string of the molecule is CC(=O)NC(CC(=O)OCC(=O)[C@@]1(O)CC[C@H]2[C@@H]3CC=C4CC(=O)CC[C@]4(C)[C@H]3[C@@H](O)C[C@@]21C)NOCCCCO[N+](=O)[O-]. The number of carbonyl (C=O) groups is 4. The summed E-state index contributed by atoms with van der Waals surface area (Å²) in [4.78, 5) is 69.5. The number of fused-ring (bicyclic) bond motifs is 5. The van der Waals surface area contributed by atoms with Crippen molar-refractivity contribution in [3.63, 3.8) is 0 Å². The maximum Gasteiger partial charge on any atom is 0.309 e. The van der Waals surface area contributed by atoms with Gasteiger partial charge in [0.05, 0.1) is 25.7 Å². The molecule has 44 heavy (non-hydrogen) atoms. The van der Waals surface area contributed by atoms with Crippen LogP contribution in [0.15, 0.2) is 11.6 Å². The van der Waals surface area contributed by atoms with Crippen LogP contribution in [-0.4, -0.2) is 76.4 Å². The summed E-state index contributed by atoms with van der Waals surface area (Å²) in [6.45, 7) is 4.63. The molecule has 0 bridgehead atoms. The molecule has 4 aliphatic carbocycles. The largest absolute Gasteiger partial charge is 0.457 e. The monoisotopic (exact) mass is 623 g/mol. The number of rotatable bonds is 14. The van der Waals surface area contributed by atoms with Crippen molar-refractivity contribution in [3.05, 3.63) is 21.8 Å². The number of nitrogens with zero attached hydrogens (tertiary/aromatic N) is 1. The van der Waals surface area contributed by atoms with Crippen LogP contribution in [-0.2, 0) is 33.6 Å². The predicted molar refractivity (Wildman–Crippen MR) is 153 cm³/mol. The van der Waals surface area contributed by atoms with Crippen LogP contribution in [0.25, 0.3) is 0 Å². The summed E-state index contributed by atoms with van der Waals surface area (Å²) in [5.74, 6) is -1.67. The van der Waals surface area contributed by atoms with Gasteiger partial charge >= 0.3 is 5.97 Å². The molecule has 4 rings (SSSR count). The Kier molecular flexibility index (Phi) is 10.5. The highest BCUT2D eigenvalue weighted by Gasteiger charge is 2.68. The van der Waals surface area contributed by atoms with Crippen molar-refractivity contribution in [1.29, 1.82) is 0 Å². The predicted octanol–water partition coefficient (Wildman–Crippen LogP) is 1.69. The lowest BCUT2D eigenvalue weighted by Gasteiger charge is -2.59. The Morgan fingerprint density at radius 1 is 1.20 bits per heavy atom. The molecular weight excluding hydrogens is 578 g/mol. The number of hydrogen-bond acceptors (Lipinski definition) is 12. The van der Waals surface area contributed by atoms with Crippen molar-refractivity contribution < 1.29 is 48.9 Å². The standard InChI is InChI=1S/C30H45N3O11/c1-18(34)31-25(32-43-12-4-5-13-44-33(40)41)15-26(38)42-17-24(37)30(39)11-9-22-21-7-6-19-14-20(35)8-10-28(19,2)27(21)23(36)16-29(22,30)3/h6,21-23,25,27,32,36,39H,4-5,7-17H2,1-3H3,(H,31,34)/t21-,22-,23-,25?,27+,28-,29-,30-/m0/s1. The minimum atomic E-state index is -1.78. The van der Waals surface area contributed by atoms with Gasteiger partial charge < -0.3 is 25.1 Å². The lowest BCUT2D eigenvalue weighted by Crippen LogP contribution is -2.62. The second-order valence-corrected chi connectivity index (χ2v) is 13.3. The third kappa shape index (κ3) is 6.82. The number of hydrogen-bond donors (Lipinski definition) is 4. The zero-order valence-corrected chi connectivity index (χ0v) is 25.7. The van der Waals surface area contributed by atoms with Gasteiger partial charge in [0, 0.05) is 25.2 Å². The van der Waals surface area contributed by atoms with E-state index in [1.165, 1.54) is 6.92 Å². The highest BCUT2D eigenvalue weighted by molar-refractivity contribution is 5.91. The molecule has 3 saturated carbocycles. The van der Waals surface area contributed by atoms with Gasteiger partial charge in [0.2, 0.25) is 11.7 Å². The minimum Gasteiger partial charge on any atom is -0.457 e. The normalized spacial score (nSPS) is 34.9. The van der Waals surface area contributed by atoms with E-state index in [-0.39, 0.29) is 61.4 Å². The van der Waals surface area contributed by atoms with Crippen LogP contribution in [0.3, 0.4) is 0 Å². The van der Waals surface area contributed by atoms with Gasteiger partial charge in [-0.25, -0.2) is 0 Å². The van der Waals surface area contributed by atoms with Gasteiger partial charge in [-0.2, -0.15) is 5.48 Å². The summed E-state index contributed by atoms with van der Waals surface area (Å²) < 4.78 is 5.25. The molecular formula is C30H45N3O11. The molecule has 0 saturated heterocycles. The third-order valence-corrected chi connectivity index (χ3v) is 10.7. The van der Waals surface area contributed by atoms with Gasteiger partial charge in [-0.15, -0.1) is 10.1 Å². The molecule has 0 aromatic heterocycles. The third-order valence-electron chi connectivity index (χ3n) is 10.7. The van der Waals surface area contributed by atoms with Gasteiger partial charge in [0.25, 0.3) is 5.09 Å². The fourth-order valence-electron chi connectivity index (χ4n) is 8.51. The van der Waals surface area contributed by atoms with Crippen LogP contribution >= 0.6 is 0 Å². The number of amides is 1. The van der Waals surface area contributed by atoms with Crippen molar-refractivity contribution >= 4 is 23.4 Å². The lowest BCUT2D eigenvalue weighted by molar-refractivity contribution is -0.757. The molecule has 0 aromatic rings. The highest BCUT2D eigenvalue weighted by Crippen LogP contribution is 2.67. The molecule has 4 N–H and O–H groups in total. The van der Waals surface area contributed by atoms with Gasteiger partial charge in [0.15, 0.2) is 6.61 Å². The zero-order valence-electron chi connectivity index (χ0n) is 25.7. The molecule has 8 atom stereocenters. The Morgan fingerprint density at radius 2 is 1.93 bits per heavy atom. The van der Waals surface area contributed by atoms with E-state index in [4.69, 9.17) is 9.57 Å². The summed E-state index contributed by atoms with van der Waals surface area (Å²) in [6.07, 6.45) is 4.15. The molecule has 1 unspecified atom stereocenters. The van der Waals surface area contributed by atoms with Crippen LogP contribution in [0.5, 0.6) is 0 Å². The molecule has 1 amide bonds. The van der Waals surface area contributed by atoms with E-state index in [9.17, 15) is 39.5 Å². The molecule has 246 valence electrons. The average Bonchev–Trinajstić information content (AvgIpc) is 3.21. The van der Waals surface area contributed by atoms with Gasteiger partial charge in [0.1, 0.15) is 17.6 Å². The number of aliphatic hydroxyl groups is 2. The topological polar surface area (TPSA) is 204 Å². The van der Waals surface area contributed by atoms with Crippen LogP contribution in [0.1, 0.15) is 85.0 Å². The Labute approximate surface area is 256 Å². The summed E-state index contributed by atoms with van der Waals surface area (Å²) in [5.41, 5.74) is 0.660. The molecule has 0 radical (unpaired) electrons. The van der Waals surface area contributed by atoms with E-state index < -0.39 is 52.6 Å². The number of carbonyl (C=O) groups excluding carboxylic acids is 4. The number of unbranched alkanes of at least 4 members (excludes halogenated alkanes) is 1. The van der Waals surface area contributed by atoms with Crippen LogP contribution in [0.2, 0.25) is 0 Å². The van der Waals surface area contributed by atoms with Gasteiger partial charge in [-0.1, -0.05) is 25.5 Å². The quantitative estimate of drug-likeness (QED) is 0.0545. The average molecular weight is 624 g/mol. The first-order valence-electron chi connectivity index (χ1n) is 15.4. The summed E-state index contributed by atoms with van der Waals surface area (Å²) in [6, 6.07) is 0. The van der Waals surface area contributed by atoms with Crippen LogP contribution < -0.4 is 10.8 Å². The first kappa shape index (κ1) is 33.9. The lowest BCUT2D eigenvalue weighted by atomic mass is 9.46. The smallest absolute Gasteiger partial charge is 0.309 e. The number of allylic oxidation sites excluding steroid dienone is 2. The first-order valence-corrected chi connectivity index (χ1v) is 15.4. The Hall–Kier alpha value is -2.94. The highest BCUT2D eigenvalue weighted by atomic mass is 16.9. The van der Waals surface area contributed by atoms with E-state index in [0.29, 0.717) is 44.9 Å². The van der Waals surface area contributed by atoms with E-state index >= 15 is 0 Å². The molecule has 0 spiro atoms. The number of ether oxygens (including phenoxy) is 1.